The minimum Gasteiger partial charge on any atom is -0.495 e. The zero-order valence-corrected chi connectivity index (χ0v) is 11.7. The van der Waals surface area contributed by atoms with Crippen molar-refractivity contribution < 1.29 is 9.53 Å². The molecule has 1 aromatic rings. The first kappa shape index (κ1) is 12.8. The maximum Gasteiger partial charge on any atom is 0.251 e. The van der Waals surface area contributed by atoms with Crippen molar-refractivity contribution in [3.8, 4) is 5.75 Å². The largest absolute Gasteiger partial charge is 0.495 e. The van der Waals surface area contributed by atoms with Crippen LogP contribution < -0.4 is 10.1 Å². The monoisotopic (exact) mass is 279 g/mol. The van der Waals surface area contributed by atoms with Gasteiger partial charge in [-0.1, -0.05) is 18.0 Å². The van der Waals surface area contributed by atoms with Gasteiger partial charge in [-0.2, -0.15) is 0 Å². The minimum atomic E-state index is -0.0258. The number of nitrogens with one attached hydrogen (secondary N) is 1. The second kappa shape index (κ2) is 5.04. The average Bonchev–Trinajstić information content (AvgIpc) is 3.00. The summed E-state index contributed by atoms with van der Waals surface area (Å²) in [6.45, 7) is 0. The van der Waals surface area contributed by atoms with Gasteiger partial charge in [0.1, 0.15) is 5.75 Å². The van der Waals surface area contributed by atoms with E-state index in [2.05, 4.69) is 5.32 Å². The molecular formula is C15H18ClNO2. The lowest BCUT2D eigenvalue weighted by molar-refractivity contribution is 0.0923. The summed E-state index contributed by atoms with van der Waals surface area (Å²) in [6, 6.07) is 5.51. The van der Waals surface area contributed by atoms with E-state index in [9.17, 15) is 4.79 Å². The summed E-state index contributed by atoms with van der Waals surface area (Å²) in [5.41, 5.74) is 0.605. The molecule has 2 aliphatic rings. The Morgan fingerprint density at radius 2 is 2.21 bits per heavy atom. The predicted molar refractivity (Wildman–Crippen MR) is 74.7 cm³/mol. The fraction of sp³-hybridized carbons (Fsp3) is 0.533. The Morgan fingerprint density at radius 1 is 1.37 bits per heavy atom. The number of amides is 1. The van der Waals surface area contributed by atoms with Crippen molar-refractivity contribution in [1.29, 1.82) is 0 Å². The second-order valence-corrected chi connectivity index (χ2v) is 6.01. The van der Waals surface area contributed by atoms with E-state index >= 15 is 0 Å². The van der Waals surface area contributed by atoms with Crippen molar-refractivity contribution in [2.24, 2.45) is 11.8 Å². The van der Waals surface area contributed by atoms with Crippen LogP contribution in [0.2, 0.25) is 5.02 Å². The third kappa shape index (κ3) is 2.44. The Hall–Kier alpha value is -1.22. The average molecular weight is 280 g/mol. The van der Waals surface area contributed by atoms with Crippen molar-refractivity contribution in [2.75, 3.05) is 7.11 Å². The molecule has 2 aliphatic carbocycles. The zero-order chi connectivity index (χ0) is 13.4. The molecule has 4 heteroatoms. The standard InChI is InChI=1S/C15H18ClNO2/c1-19-14-5-4-11(8-12(14)16)15(18)17-13-7-9-2-3-10(13)6-9/h4-5,8-10,13H,2-3,6-7H2,1H3,(H,17,18)/t9-,10-,13-/m1/s1. The van der Waals surface area contributed by atoms with Crippen LogP contribution in [0.25, 0.3) is 0 Å². The third-order valence-electron chi connectivity index (χ3n) is 4.47. The van der Waals surface area contributed by atoms with Gasteiger partial charge in [0.25, 0.3) is 5.91 Å². The fourth-order valence-electron chi connectivity index (χ4n) is 3.48. The van der Waals surface area contributed by atoms with Crippen LogP contribution in [-0.2, 0) is 0 Å². The number of fused-ring (bicyclic) bond motifs is 2. The topological polar surface area (TPSA) is 38.3 Å². The molecule has 0 heterocycles. The van der Waals surface area contributed by atoms with Gasteiger partial charge < -0.3 is 10.1 Å². The third-order valence-corrected chi connectivity index (χ3v) is 4.76. The molecule has 3 rings (SSSR count). The van der Waals surface area contributed by atoms with Crippen molar-refractivity contribution in [2.45, 2.75) is 31.7 Å². The molecule has 3 nitrogen and oxygen atoms in total. The minimum absolute atomic E-state index is 0.0258. The normalized spacial score (nSPS) is 28.4. The predicted octanol–water partition coefficient (Wildman–Crippen LogP) is 3.27. The van der Waals surface area contributed by atoms with E-state index in [1.54, 1.807) is 25.3 Å². The molecule has 0 saturated heterocycles. The maximum absolute atomic E-state index is 12.2. The van der Waals surface area contributed by atoms with Gasteiger partial charge in [-0.15, -0.1) is 0 Å². The summed E-state index contributed by atoms with van der Waals surface area (Å²) in [7, 11) is 1.57. The number of methoxy groups -OCH3 is 1. The molecule has 2 fully saturated rings. The molecule has 0 unspecified atom stereocenters. The van der Waals surface area contributed by atoms with Gasteiger partial charge >= 0.3 is 0 Å². The lowest BCUT2D eigenvalue weighted by atomic mass is 9.95. The Labute approximate surface area is 118 Å². The smallest absolute Gasteiger partial charge is 0.251 e. The molecule has 1 N–H and O–H groups in total. The molecule has 0 aliphatic heterocycles. The first-order valence-corrected chi connectivity index (χ1v) is 7.19. The molecule has 2 bridgehead atoms. The Kier molecular flexibility index (Phi) is 3.40. The summed E-state index contributed by atoms with van der Waals surface area (Å²) in [5.74, 6) is 2.08. The highest BCUT2D eigenvalue weighted by molar-refractivity contribution is 6.32. The molecule has 3 atom stereocenters. The number of halogens is 1. The number of ether oxygens (including phenoxy) is 1. The van der Waals surface area contributed by atoms with Gasteiger partial charge in [0, 0.05) is 11.6 Å². The van der Waals surface area contributed by atoms with Crippen LogP contribution in [0.3, 0.4) is 0 Å². The van der Waals surface area contributed by atoms with Crippen LogP contribution in [0.4, 0.5) is 0 Å². The number of benzene rings is 1. The Balaban J connectivity index is 1.69. The molecule has 0 radical (unpaired) electrons. The highest BCUT2D eigenvalue weighted by atomic mass is 35.5. The van der Waals surface area contributed by atoms with E-state index in [0.717, 1.165) is 12.3 Å². The van der Waals surface area contributed by atoms with Crippen molar-refractivity contribution in [3.63, 3.8) is 0 Å². The van der Waals surface area contributed by atoms with Crippen LogP contribution >= 0.6 is 11.6 Å². The lowest BCUT2D eigenvalue weighted by Crippen LogP contribution is -2.38. The van der Waals surface area contributed by atoms with Gasteiger partial charge in [-0.25, -0.2) is 0 Å². The number of carbonyl (C=O) groups excluding carboxylic acids is 1. The highest BCUT2D eigenvalue weighted by Gasteiger charge is 2.40. The van der Waals surface area contributed by atoms with Gasteiger partial charge in [0.15, 0.2) is 0 Å². The van der Waals surface area contributed by atoms with E-state index < -0.39 is 0 Å². The van der Waals surface area contributed by atoms with Crippen LogP contribution in [0.1, 0.15) is 36.0 Å². The molecular weight excluding hydrogens is 262 g/mol. The van der Waals surface area contributed by atoms with Gasteiger partial charge in [-0.3, -0.25) is 4.79 Å². The van der Waals surface area contributed by atoms with E-state index in [4.69, 9.17) is 16.3 Å². The number of hydrogen-bond donors (Lipinski definition) is 1. The van der Waals surface area contributed by atoms with Crippen molar-refractivity contribution >= 4 is 17.5 Å². The quantitative estimate of drug-likeness (QED) is 0.922. The molecule has 2 saturated carbocycles. The SMILES string of the molecule is COc1ccc(C(=O)N[C@@H]2C[C@@H]3CC[C@@H]2C3)cc1Cl. The second-order valence-electron chi connectivity index (χ2n) is 5.60. The number of rotatable bonds is 3. The summed E-state index contributed by atoms with van der Waals surface area (Å²) in [5, 5.41) is 3.63. The van der Waals surface area contributed by atoms with Crippen LogP contribution in [0.5, 0.6) is 5.75 Å². The summed E-state index contributed by atoms with van der Waals surface area (Å²) >= 11 is 6.05. The molecule has 1 amide bonds. The lowest BCUT2D eigenvalue weighted by Gasteiger charge is -2.23. The Morgan fingerprint density at radius 3 is 2.79 bits per heavy atom. The van der Waals surface area contributed by atoms with Gasteiger partial charge in [-0.05, 0) is 49.3 Å². The number of hydrogen-bond acceptors (Lipinski definition) is 2. The molecule has 19 heavy (non-hydrogen) atoms. The molecule has 102 valence electrons. The number of carbonyl (C=O) groups is 1. The Bertz CT molecular complexity index is 503. The van der Waals surface area contributed by atoms with Gasteiger partial charge in [0.05, 0.1) is 12.1 Å². The molecule has 0 aromatic heterocycles. The fourth-order valence-corrected chi connectivity index (χ4v) is 3.74. The van der Waals surface area contributed by atoms with E-state index in [1.807, 2.05) is 0 Å². The van der Waals surface area contributed by atoms with Gasteiger partial charge in [0.2, 0.25) is 0 Å². The van der Waals surface area contributed by atoms with E-state index in [1.165, 1.54) is 19.3 Å². The van der Waals surface area contributed by atoms with Crippen LogP contribution in [-0.4, -0.2) is 19.1 Å². The highest BCUT2D eigenvalue weighted by Crippen LogP contribution is 2.44. The van der Waals surface area contributed by atoms with Crippen molar-refractivity contribution in [3.05, 3.63) is 28.8 Å². The van der Waals surface area contributed by atoms with Crippen molar-refractivity contribution in [1.82, 2.24) is 5.32 Å². The van der Waals surface area contributed by atoms with Crippen LogP contribution in [0, 0.1) is 11.8 Å². The molecule has 1 aromatic carbocycles. The summed E-state index contributed by atoms with van der Waals surface area (Å²) in [6.07, 6.45) is 5.03. The first-order valence-electron chi connectivity index (χ1n) is 6.82. The molecule has 0 spiro atoms. The summed E-state index contributed by atoms with van der Waals surface area (Å²) < 4.78 is 5.09. The van der Waals surface area contributed by atoms with Crippen LogP contribution in [0.15, 0.2) is 18.2 Å². The van der Waals surface area contributed by atoms with E-state index in [-0.39, 0.29) is 5.91 Å². The summed E-state index contributed by atoms with van der Waals surface area (Å²) in [4.78, 5) is 12.2. The first-order chi connectivity index (χ1) is 9.17. The zero-order valence-electron chi connectivity index (χ0n) is 11.0. The van der Waals surface area contributed by atoms with E-state index in [0.29, 0.717) is 28.3 Å². The maximum atomic E-state index is 12.2.